The highest BCUT2D eigenvalue weighted by Gasteiger charge is 2.55. The van der Waals surface area contributed by atoms with Gasteiger partial charge < -0.3 is 20.5 Å². The van der Waals surface area contributed by atoms with Gasteiger partial charge in [-0.15, -0.1) is 0 Å². The van der Waals surface area contributed by atoms with Crippen molar-refractivity contribution in [2.75, 3.05) is 17.7 Å². The van der Waals surface area contributed by atoms with E-state index in [9.17, 15) is 27.9 Å². The van der Waals surface area contributed by atoms with E-state index in [1.165, 1.54) is 19.2 Å². The molecule has 0 aliphatic rings. The molecule has 0 aliphatic heterocycles. The van der Waals surface area contributed by atoms with Crippen LogP contribution in [0.4, 0.5) is 24.5 Å². The number of hydrogen-bond donors (Lipinski definition) is 3. The van der Waals surface area contributed by atoms with Crippen molar-refractivity contribution in [3.63, 3.8) is 0 Å². The quantitative estimate of drug-likeness (QED) is 0.690. The van der Waals surface area contributed by atoms with Gasteiger partial charge in [0.05, 0.1) is 17.8 Å². The van der Waals surface area contributed by atoms with E-state index in [0.717, 1.165) is 6.07 Å². The Balaban J connectivity index is 2.15. The van der Waals surface area contributed by atoms with Gasteiger partial charge in [-0.25, -0.2) is 0 Å². The number of rotatable bonds is 5. The number of anilines is 2. The molecule has 0 spiro atoms. The molecule has 10 heteroatoms. The van der Waals surface area contributed by atoms with Gasteiger partial charge >= 0.3 is 6.18 Å². The molecule has 150 valence electrons. The molecular formula is C18H16ClF3N2O4. The lowest BCUT2D eigenvalue weighted by Crippen LogP contribution is -2.52. The number of aliphatic hydroxyl groups is 1. The van der Waals surface area contributed by atoms with Crippen molar-refractivity contribution in [3.05, 3.63) is 53.1 Å². The van der Waals surface area contributed by atoms with Crippen molar-refractivity contribution in [2.45, 2.75) is 18.7 Å². The number of carbonyl (C=O) groups is 2. The summed E-state index contributed by atoms with van der Waals surface area (Å²) in [6.07, 6.45) is -5.17. The Morgan fingerprint density at radius 2 is 1.79 bits per heavy atom. The van der Waals surface area contributed by atoms with Crippen LogP contribution in [-0.2, 0) is 4.79 Å². The molecule has 2 amide bonds. The summed E-state index contributed by atoms with van der Waals surface area (Å²) in [4.78, 5) is 24.0. The van der Waals surface area contributed by atoms with Crippen LogP contribution in [0.25, 0.3) is 0 Å². The lowest BCUT2D eigenvalue weighted by Gasteiger charge is -2.25. The Hall–Kier alpha value is -2.78. The zero-order valence-corrected chi connectivity index (χ0v) is 15.5. The van der Waals surface area contributed by atoms with Gasteiger partial charge in [-0.2, -0.15) is 13.2 Å². The number of methoxy groups -OCH3 is 1. The van der Waals surface area contributed by atoms with E-state index < -0.39 is 23.6 Å². The lowest BCUT2D eigenvalue weighted by atomic mass is 10.1. The van der Waals surface area contributed by atoms with Crippen LogP contribution in [0.3, 0.4) is 0 Å². The van der Waals surface area contributed by atoms with Gasteiger partial charge in [0.15, 0.2) is 0 Å². The van der Waals surface area contributed by atoms with Crippen LogP contribution in [0.15, 0.2) is 42.5 Å². The summed E-state index contributed by atoms with van der Waals surface area (Å²) in [6, 6.07) is 10.2. The molecule has 0 aromatic heterocycles. The van der Waals surface area contributed by atoms with E-state index in [2.05, 4.69) is 5.32 Å². The fourth-order valence-corrected chi connectivity index (χ4v) is 2.26. The molecule has 0 bridgehead atoms. The maximum absolute atomic E-state index is 12.7. The minimum atomic E-state index is -5.17. The maximum Gasteiger partial charge on any atom is 0.426 e. The minimum absolute atomic E-state index is 0.105. The molecule has 2 aromatic carbocycles. The molecule has 1 atom stereocenters. The van der Waals surface area contributed by atoms with Crippen molar-refractivity contribution in [3.8, 4) is 5.75 Å². The fraction of sp³-hybridized carbons (Fsp3) is 0.222. The number of amides is 2. The smallest absolute Gasteiger partial charge is 0.426 e. The van der Waals surface area contributed by atoms with Gasteiger partial charge in [0.25, 0.3) is 11.8 Å². The topological polar surface area (TPSA) is 87.7 Å². The van der Waals surface area contributed by atoms with Crippen molar-refractivity contribution >= 4 is 34.8 Å². The summed E-state index contributed by atoms with van der Waals surface area (Å²) in [5.74, 6) is -1.70. The predicted octanol–water partition coefficient (Wildman–Crippen LogP) is 3.85. The third-order valence-electron chi connectivity index (χ3n) is 3.80. The van der Waals surface area contributed by atoms with Gasteiger partial charge in [-0.1, -0.05) is 17.7 Å². The van der Waals surface area contributed by atoms with Gasteiger partial charge in [0.2, 0.25) is 5.60 Å². The average Bonchev–Trinajstić information content (AvgIpc) is 2.62. The van der Waals surface area contributed by atoms with Crippen LogP contribution in [0.5, 0.6) is 5.75 Å². The largest absolute Gasteiger partial charge is 0.497 e. The zero-order chi connectivity index (χ0) is 21.1. The van der Waals surface area contributed by atoms with E-state index in [0.29, 0.717) is 18.4 Å². The highest BCUT2D eigenvalue weighted by Crippen LogP contribution is 2.32. The number of alkyl halides is 3. The second-order valence-electron chi connectivity index (χ2n) is 5.90. The number of halogens is 4. The van der Waals surface area contributed by atoms with Crippen molar-refractivity contribution in [1.82, 2.24) is 0 Å². The van der Waals surface area contributed by atoms with Crippen LogP contribution < -0.4 is 15.4 Å². The summed E-state index contributed by atoms with van der Waals surface area (Å²) in [5, 5.41) is 13.7. The van der Waals surface area contributed by atoms with Crippen LogP contribution in [0.2, 0.25) is 5.02 Å². The molecule has 0 radical (unpaired) electrons. The van der Waals surface area contributed by atoms with E-state index in [4.69, 9.17) is 16.3 Å². The number of benzene rings is 2. The summed E-state index contributed by atoms with van der Waals surface area (Å²) >= 11 is 5.95. The Labute approximate surface area is 163 Å². The highest BCUT2D eigenvalue weighted by atomic mass is 35.5. The summed E-state index contributed by atoms with van der Waals surface area (Å²) < 4.78 is 43.2. The van der Waals surface area contributed by atoms with Crippen molar-refractivity contribution in [1.29, 1.82) is 0 Å². The summed E-state index contributed by atoms with van der Waals surface area (Å²) in [7, 11) is 1.48. The Morgan fingerprint density at radius 3 is 2.36 bits per heavy atom. The molecular weight excluding hydrogens is 401 g/mol. The zero-order valence-electron chi connectivity index (χ0n) is 14.7. The van der Waals surface area contributed by atoms with Crippen LogP contribution >= 0.6 is 11.6 Å². The Bertz CT molecular complexity index is 901. The molecule has 0 saturated heterocycles. The number of carbonyl (C=O) groups excluding carboxylic acids is 2. The second kappa shape index (κ2) is 8.07. The Kier molecular flexibility index (Phi) is 6.20. The molecule has 1 unspecified atom stereocenters. The molecule has 2 aromatic rings. The fourth-order valence-electron chi connectivity index (χ4n) is 2.03. The third kappa shape index (κ3) is 4.73. The first-order valence-electron chi connectivity index (χ1n) is 7.81. The van der Waals surface area contributed by atoms with E-state index >= 15 is 0 Å². The van der Waals surface area contributed by atoms with Crippen molar-refractivity contribution < 1.29 is 32.6 Å². The molecule has 6 nitrogen and oxygen atoms in total. The van der Waals surface area contributed by atoms with Crippen LogP contribution in [0.1, 0.15) is 17.3 Å². The third-order valence-corrected chi connectivity index (χ3v) is 4.11. The standard InChI is InChI=1S/C18H16ClF3N2O4/c1-17(27,18(20,21)22)16(26)24-14-7-6-10(8-13(14)19)15(25)23-11-4-3-5-12(9-11)28-2/h3-9,27H,1-2H3,(H,23,25)(H,24,26). The first-order chi connectivity index (χ1) is 13.0. The molecule has 0 fully saturated rings. The molecule has 28 heavy (non-hydrogen) atoms. The van der Waals surface area contributed by atoms with Gasteiger partial charge in [-0.3, -0.25) is 9.59 Å². The monoisotopic (exact) mass is 416 g/mol. The first kappa shape index (κ1) is 21.5. The average molecular weight is 417 g/mol. The molecule has 3 N–H and O–H groups in total. The van der Waals surface area contributed by atoms with E-state index in [-0.39, 0.29) is 16.3 Å². The summed E-state index contributed by atoms with van der Waals surface area (Å²) in [6.45, 7) is 0.326. The Morgan fingerprint density at radius 1 is 1.11 bits per heavy atom. The van der Waals surface area contributed by atoms with Crippen LogP contribution in [0, 0.1) is 0 Å². The number of nitrogens with one attached hydrogen (secondary N) is 2. The van der Waals surface area contributed by atoms with Crippen LogP contribution in [-0.4, -0.2) is 35.8 Å². The van der Waals surface area contributed by atoms with E-state index in [1.807, 2.05) is 5.32 Å². The SMILES string of the molecule is COc1cccc(NC(=O)c2ccc(NC(=O)C(C)(O)C(F)(F)F)c(Cl)c2)c1. The molecule has 2 rings (SSSR count). The van der Waals surface area contributed by atoms with Gasteiger partial charge in [0, 0.05) is 17.3 Å². The lowest BCUT2D eigenvalue weighted by molar-refractivity contribution is -0.242. The summed E-state index contributed by atoms with van der Waals surface area (Å²) in [5.41, 5.74) is -3.22. The van der Waals surface area contributed by atoms with E-state index in [1.54, 1.807) is 24.3 Å². The maximum atomic E-state index is 12.7. The molecule has 0 aliphatic carbocycles. The predicted molar refractivity (Wildman–Crippen MR) is 97.7 cm³/mol. The molecule has 0 saturated carbocycles. The van der Waals surface area contributed by atoms with Gasteiger partial charge in [0.1, 0.15) is 5.75 Å². The number of hydrogen-bond acceptors (Lipinski definition) is 4. The normalized spacial score (nSPS) is 13.4. The number of ether oxygens (including phenoxy) is 1. The second-order valence-corrected chi connectivity index (χ2v) is 6.31. The first-order valence-corrected chi connectivity index (χ1v) is 8.19. The molecule has 0 heterocycles. The minimum Gasteiger partial charge on any atom is -0.497 e. The highest BCUT2D eigenvalue weighted by molar-refractivity contribution is 6.34. The van der Waals surface area contributed by atoms with Gasteiger partial charge in [-0.05, 0) is 37.3 Å². The van der Waals surface area contributed by atoms with Crippen molar-refractivity contribution in [2.24, 2.45) is 0 Å².